The molecule has 0 aliphatic carbocycles. The predicted molar refractivity (Wildman–Crippen MR) is 163 cm³/mol. The second-order valence-electron chi connectivity index (χ2n) is 9.68. The third-order valence-electron chi connectivity index (χ3n) is 7.15. The van der Waals surface area contributed by atoms with Crippen LogP contribution in [0.4, 0.5) is 0 Å². The zero-order valence-electron chi connectivity index (χ0n) is 21.4. The van der Waals surface area contributed by atoms with E-state index in [0.717, 1.165) is 12.6 Å². The summed E-state index contributed by atoms with van der Waals surface area (Å²) in [7, 11) is 1.83. The monoisotopic (exact) mass is 558 g/mol. The van der Waals surface area contributed by atoms with Crippen LogP contribution < -0.4 is 15.9 Å². The number of benzene rings is 4. The van der Waals surface area contributed by atoms with Gasteiger partial charge in [0.25, 0.3) is 0 Å². The number of methoxy groups -OCH3 is 1. The van der Waals surface area contributed by atoms with E-state index in [-0.39, 0.29) is 12.0 Å². The Morgan fingerprint density at radius 1 is 0.722 bits per heavy atom. The third-order valence-corrected chi connectivity index (χ3v) is 16.8. The van der Waals surface area contributed by atoms with Gasteiger partial charge in [0.15, 0.2) is 0 Å². The Labute approximate surface area is 224 Å². The Balaban J connectivity index is 1.80. The Kier molecular flexibility index (Phi) is 8.62. The van der Waals surface area contributed by atoms with Gasteiger partial charge < -0.3 is 0 Å². The molecule has 0 heterocycles. The molecule has 0 fully saturated rings. The van der Waals surface area contributed by atoms with Gasteiger partial charge in [-0.15, -0.1) is 0 Å². The van der Waals surface area contributed by atoms with Crippen molar-refractivity contribution in [3.63, 3.8) is 0 Å². The average molecular weight is 560 g/mol. The molecule has 0 aliphatic heterocycles. The van der Waals surface area contributed by atoms with E-state index in [2.05, 4.69) is 157 Å². The molecule has 36 heavy (non-hydrogen) atoms. The average Bonchev–Trinajstić information content (AvgIpc) is 2.93. The molecular weight excluding hydrogens is 523 g/mol. The first-order valence-corrected chi connectivity index (χ1v) is 17.0. The molecule has 0 N–H and O–H groups in total. The van der Waals surface area contributed by atoms with Crippen LogP contribution in [-0.4, -0.2) is 19.4 Å². The molecule has 0 spiro atoms. The van der Waals surface area contributed by atoms with Crippen LogP contribution in [0.5, 0.6) is 0 Å². The molecule has 0 saturated carbocycles. The zero-order valence-corrected chi connectivity index (χ0v) is 23.9. The zero-order chi connectivity index (χ0) is 25.5. The van der Waals surface area contributed by atoms with Crippen LogP contribution in [0, 0.1) is 5.92 Å². The van der Waals surface area contributed by atoms with Gasteiger partial charge in [-0.3, -0.25) is 0 Å². The number of rotatable bonds is 10. The van der Waals surface area contributed by atoms with E-state index in [1.54, 1.807) is 0 Å². The van der Waals surface area contributed by atoms with Crippen molar-refractivity contribution in [3.05, 3.63) is 139 Å². The van der Waals surface area contributed by atoms with E-state index in [1.165, 1.54) is 27.1 Å². The van der Waals surface area contributed by atoms with Gasteiger partial charge in [-0.25, -0.2) is 0 Å². The second kappa shape index (κ2) is 11.7. The fourth-order valence-electron chi connectivity index (χ4n) is 5.34. The van der Waals surface area contributed by atoms with Crippen LogP contribution in [0.2, 0.25) is 0 Å². The van der Waals surface area contributed by atoms with E-state index < -0.39 is 5.31 Å². The molecule has 0 bridgehead atoms. The Morgan fingerprint density at radius 2 is 1.11 bits per heavy atom. The molecule has 0 unspecified atom stereocenters. The molecule has 4 aromatic rings. The second-order valence-corrected chi connectivity index (χ2v) is 18.6. The van der Waals surface area contributed by atoms with Crippen LogP contribution in [0.25, 0.3) is 0 Å². The van der Waals surface area contributed by atoms with E-state index in [1.807, 2.05) is 7.11 Å². The van der Waals surface area contributed by atoms with Crippen LogP contribution in [0.3, 0.4) is 0 Å². The number of ether oxygens (including phenoxy) is 1. The summed E-state index contributed by atoms with van der Waals surface area (Å²) in [5.41, 5.74) is 2.67. The summed E-state index contributed by atoms with van der Waals surface area (Å²) in [5.74, 6) is 0.277. The van der Waals surface area contributed by atoms with E-state index in [4.69, 9.17) is 4.74 Å². The summed E-state index contributed by atoms with van der Waals surface area (Å²) in [6.45, 7) is 4.56. The van der Waals surface area contributed by atoms with Crippen LogP contribution in [0.15, 0.2) is 133 Å². The molecule has 0 saturated heterocycles. The number of allylic oxidation sites excluding steroid dienone is 1. The van der Waals surface area contributed by atoms with E-state index >= 15 is 0 Å². The SMILES string of the molecule is CO[C@@H](Cc1ccccc1)[C@@H](C)/C=C(\C)CP(Br)(c1ccccc1)(c1ccccc1)c1ccccc1. The van der Waals surface area contributed by atoms with Crippen molar-refractivity contribution in [2.45, 2.75) is 26.4 Å². The molecule has 0 aliphatic rings. The maximum atomic E-state index is 5.98. The molecule has 186 valence electrons. The summed E-state index contributed by atoms with van der Waals surface area (Å²) in [5, 5.41) is 1.04. The molecule has 4 aromatic carbocycles. The number of halogens is 1. The quantitative estimate of drug-likeness (QED) is 0.143. The fourth-order valence-corrected chi connectivity index (χ4v) is 13.5. The van der Waals surface area contributed by atoms with Gasteiger partial charge in [-0.1, -0.05) is 0 Å². The molecule has 3 heteroatoms. The first-order valence-electron chi connectivity index (χ1n) is 12.6. The van der Waals surface area contributed by atoms with Gasteiger partial charge in [-0.05, 0) is 0 Å². The Hall–Kier alpha value is -2.51. The molecule has 2 atom stereocenters. The molecule has 0 aromatic heterocycles. The molecule has 1 nitrogen and oxygen atoms in total. The summed E-state index contributed by atoms with van der Waals surface area (Å²) in [6.07, 6.45) is 4.36. The van der Waals surface area contributed by atoms with Crippen molar-refractivity contribution < 1.29 is 4.74 Å². The van der Waals surface area contributed by atoms with Crippen molar-refractivity contribution in [3.8, 4) is 0 Å². The first kappa shape index (κ1) is 26.6. The predicted octanol–water partition coefficient (Wildman–Crippen LogP) is 7.67. The van der Waals surface area contributed by atoms with Crippen molar-refractivity contribution in [2.75, 3.05) is 13.3 Å². The molecule has 0 radical (unpaired) electrons. The van der Waals surface area contributed by atoms with Crippen LogP contribution >= 0.6 is 20.8 Å². The minimum atomic E-state index is -2.99. The van der Waals surface area contributed by atoms with Gasteiger partial charge >= 0.3 is 226 Å². The Bertz CT molecular complexity index is 1160. The third kappa shape index (κ3) is 5.42. The molecule has 4 rings (SSSR count). The van der Waals surface area contributed by atoms with Crippen LogP contribution in [-0.2, 0) is 11.2 Å². The van der Waals surface area contributed by atoms with Crippen molar-refractivity contribution in [2.24, 2.45) is 5.92 Å². The first-order chi connectivity index (χ1) is 17.4. The van der Waals surface area contributed by atoms with E-state index in [9.17, 15) is 0 Å². The standard InChI is InChI=1S/C33H36BrOP/c1-27(24-28(2)33(35-3)25-29-16-8-4-9-17-29)26-36(34,30-18-10-5-11-19-30,31-20-12-6-13-21-31)32-22-14-7-15-23-32/h4-24,28,33H,25-26H2,1-3H3/b27-24+/t28-,33-/m0/s1. The van der Waals surface area contributed by atoms with Gasteiger partial charge in [-0.2, -0.15) is 0 Å². The fraction of sp³-hybridized carbons (Fsp3) is 0.212. The van der Waals surface area contributed by atoms with Gasteiger partial charge in [0.05, 0.1) is 0 Å². The molecular formula is C33H36BrOP. The summed E-state index contributed by atoms with van der Waals surface area (Å²) in [6, 6.07) is 43.6. The normalized spacial score (nSPS) is 15.0. The molecule has 0 amide bonds. The number of hydrogen-bond acceptors (Lipinski definition) is 1. The summed E-state index contributed by atoms with van der Waals surface area (Å²) < 4.78 is 5.98. The summed E-state index contributed by atoms with van der Waals surface area (Å²) in [4.78, 5) is 0. The van der Waals surface area contributed by atoms with Crippen molar-refractivity contribution in [1.29, 1.82) is 0 Å². The summed E-state index contributed by atoms with van der Waals surface area (Å²) >= 11 is 4.57. The maximum absolute atomic E-state index is 5.98. The van der Waals surface area contributed by atoms with Gasteiger partial charge in [0.2, 0.25) is 0 Å². The number of hydrogen-bond donors (Lipinski definition) is 0. The van der Waals surface area contributed by atoms with Gasteiger partial charge in [0.1, 0.15) is 0 Å². The topological polar surface area (TPSA) is 9.23 Å². The van der Waals surface area contributed by atoms with Crippen LogP contribution in [0.1, 0.15) is 19.4 Å². The van der Waals surface area contributed by atoms with Gasteiger partial charge in [0, 0.05) is 0 Å². The Morgan fingerprint density at radius 3 is 1.50 bits per heavy atom. The van der Waals surface area contributed by atoms with E-state index in [0.29, 0.717) is 0 Å². The van der Waals surface area contributed by atoms with Crippen molar-refractivity contribution in [1.82, 2.24) is 0 Å². The van der Waals surface area contributed by atoms with Crippen molar-refractivity contribution >= 4 is 36.7 Å². The minimum absolute atomic E-state index is 0.119.